The van der Waals surface area contributed by atoms with Gasteiger partial charge >= 0.3 is 0 Å². The van der Waals surface area contributed by atoms with Gasteiger partial charge in [0.1, 0.15) is 17.4 Å². The molecular weight excluding hydrogens is 262 g/mol. The van der Waals surface area contributed by atoms with Crippen LogP contribution in [0.5, 0.6) is 11.6 Å². The first-order valence-electron chi connectivity index (χ1n) is 6.08. The van der Waals surface area contributed by atoms with Crippen LogP contribution in [0.25, 0.3) is 0 Å². The van der Waals surface area contributed by atoms with E-state index in [0.717, 1.165) is 11.1 Å². The Morgan fingerprint density at radius 3 is 2.68 bits per heavy atom. The number of benzene rings is 1. The molecule has 0 bridgehead atoms. The zero-order valence-corrected chi connectivity index (χ0v) is 12.0. The molecule has 4 nitrogen and oxygen atoms in total. The summed E-state index contributed by atoms with van der Waals surface area (Å²) in [6.45, 7) is 5.77. The highest BCUT2D eigenvalue weighted by Crippen LogP contribution is 2.31. The van der Waals surface area contributed by atoms with E-state index in [1.165, 1.54) is 0 Å². The van der Waals surface area contributed by atoms with Crippen LogP contribution in [0, 0.1) is 13.8 Å². The van der Waals surface area contributed by atoms with Crippen LogP contribution >= 0.6 is 11.6 Å². The number of rotatable bonds is 3. The highest BCUT2D eigenvalue weighted by atomic mass is 35.5. The summed E-state index contributed by atoms with van der Waals surface area (Å²) in [7, 11) is 0. The Morgan fingerprint density at radius 1 is 1.26 bits per heavy atom. The lowest BCUT2D eigenvalue weighted by Gasteiger charge is -2.12. The van der Waals surface area contributed by atoms with E-state index in [9.17, 15) is 0 Å². The topological polar surface area (TPSA) is 61.0 Å². The summed E-state index contributed by atoms with van der Waals surface area (Å²) in [6, 6.07) is 5.59. The molecule has 100 valence electrons. The number of halogens is 1. The number of nitrogens with two attached hydrogens (primary N) is 1. The molecule has 0 fully saturated rings. The highest BCUT2D eigenvalue weighted by molar-refractivity contribution is 6.32. The molecule has 0 radical (unpaired) electrons. The Bertz CT molecular complexity index is 614. The molecule has 1 aromatic carbocycles. The quantitative estimate of drug-likeness (QED) is 0.929. The maximum absolute atomic E-state index is 6.11. The second-order valence-electron chi connectivity index (χ2n) is 4.34. The van der Waals surface area contributed by atoms with E-state index < -0.39 is 0 Å². The van der Waals surface area contributed by atoms with Gasteiger partial charge in [-0.2, -0.15) is 4.98 Å². The smallest absolute Gasteiger partial charge is 0.227 e. The lowest BCUT2D eigenvalue weighted by Crippen LogP contribution is -2.04. The average molecular weight is 278 g/mol. The summed E-state index contributed by atoms with van der Waals surface area (Å²) >= 11 is 6.11. The van der Waals surface area contributed by atoms with E-state index in [2.05, 4.69) is 9.97 Å². The zero-order chi connectivity index (χ0) is 14.0. The van der Waals surface area contributed by atoms with Crippen molar-refractivity contribution in [1.82, 2.24) is 9.97 Å². The van der Waals surface area contributed by atoms with Crippen molar-refractivity contribution in [3.63, 3.8) is 0 Å². The van der Waals surface area contributed by atoms with Crippen LogP contribution in [-0.2, 0) is 6.42 Å². The molecular formula is C14H16ClN3O. The molecule has 0 amide bonds. The Balaban J connectivity index is 2.42. The van der Waals surface area contributed by atoms with Gasteiger partial charge in [0.05, 0.1) is 10.6 Å². The third kappa shape index (κ3) is 2.96. The van der Waals surface area contributed by atoms with Crippen LogP contribution in [0.15, 0.2) is 18.2 Å². The highest BCUT2D eigenvalue weighted by Gasteiger charge is 2.12. The van der Waals surface area contributed by atoms with Gasteiger partial charge in [-0.3, -0.25) is 0 Å². The van der Waals surface area contributed by atoms with E-state index in [1.807, 2.05) is 32.9 Å². The summed E-state index contributed by atoms with van der Waals surface area (Å²) in [4.78, 5) is 8.53. The fourth-order valence-corrected chi connectivity index (χ4v) is 1.77. The minimum atomic E-state index is 0.436. The molecule has 19 heavy (non-hydrogen) atoms. The molecule has 2 N–H and O–H groups in total. The van der Waals surface area contributed by atoms with Gasteiger partial charge < -0.3 is 10.5 Å². The zero-order valence-electron chi connectivity index (χ0n) is 11.2. The lowest BCUT2D eigenvalue weighted by atomic mass is 10.2. The van der Waals surface area contributed by atoms with Crippen molar-refractivity contribution in [2.75, 3.05) is 5.73 Å². The standard InChI is InChI=1S/C14H16ClN3O/c1-4-12-17-13(16)9(3)14(18-12)19-11-7-8(2)5-6-10(11)15/h5-7H,4H2,1-3H3,(H2,16,17,18). The molecule has 5 heteroatoms. The van der Waals surface area contributed by atoms with Crippen LogP contribution in [0.3, 0.4) is 0 Å². The van der Waals surface area contributed by atoms with Crippen LogP contribution in [0.2, 0.25) is 5.02 Å². The second-order valence-corrected chi connectivity index (χ2v) is 4.75. The minimum Gasteiger partial charge on any atom is -0.437 e. The average Bonchev–Trinajstić information content (AvgIpc) is 2.38. The number of ether oxygens (including phenoxy) is 1. The summed E-state index contributed by atoms with van der Waals surface area (Å²) in [5, 5.41) is 0.542. The number of hydrogen-bond donors (Lipinski definition) is 1. The summed E-state index contributed by atoms with van der Waals surface area (Å²) in [5.74, 6) is 2.12. The predicted molar refractivity (Wildman–Crippen MR) is 76.8 cm³/mol. The molecule has 2 rings (SSSR count). The van der Waals surface area contributed by atoms with Crippen molar-refractivity contribution in [3.05, 3.63) is 40.2 Å². The van der Waals surface area contributed by atoms with Gasteiger partial charge in [-0.05, 0) is 31.5 Å². The molecule has 0 atom stereocenters. The second kappa shape index (κ2) is 5.45. The van der Waals surface area contributed by atoms with E-state index in [-0.39, 0.29) is 0 Å². The molecule has 1 heterocycles. The van der Waals surface area contributed by atoms with Gasteiger partial charge in [0.25, 0.3) is 0 Å². The molecule has 0 spiro atoms. The predicted octanol–water partition coefficient (Wildman–Crippen LogP) is 3.68. The van der Waals surface area contributed by atoms with Crippen molar-refractivity contribution in [2.45, 2.75) is 27.2 Å². The van der Waals surface area contributed by atoms with Gasteiger partial charge in [-0.15, -0.1) is 0 Å². The SMILES string of the molecule is CCc1nc(N)c(C)c(Oc2cc(C)ccc2Cl)n1. The number of anilines is 1. The van der Waals surface area contributed by atoms with Crippen molar-refractivity contribution in [3.8, 4) is 11.6 Å². The van der Waals surface area contributed by atoms with E-state index in [4.69, 9.17) is 22.1 Å². The molecule has 2 aromatic rings. The summed E-state index contributed by atoms with van der Waals surface area (Å²) < 4.78 is 5.78. The van der Waals surface area contributed by atoms with Gasteiger partial charge in [-0.25, -0.2) is 4.98 Å². The maximum atomic E-state index is 6.11. The molecule has 0 aliphatic carbocycles. The number of aromatic nitrogens is 2. The fourth-order valence-electron chi connectivity index (χ4n) is 1.61. The van der Waals surface area contributed by atoms with Crippen LogP contribution in [-0.4, -0.2) is 9.97 Å². The molecule has 0 aliphatic heterocycles. The van der Waals surface area contributed by atoms with Crippen molar-refractivity contribution in [2.24, 2.45) is 0 Å². The van der Waals surface area contributed by atoms with E-state index >= 15 is 0 Å². The minimum absolute atomic E-state index is 0.436. The largest absolute Gasteiger partial charge is 0.437 e. The number of nitrogen functional groups attached to an aromatic ring is 1. The third-order valence-electron chi connectivity index (χ3n) is 2.79. The monoisotopic (exact) mass is 277 g/mol. The first kappa shape index (κ1) is 13.6. The van der Waals surface area contributed by atoms with Gasteiger partial charge in [-0.1, -0.05) is 24.6 Å². The summed E-state index contributed by atoms with van der Waals surface area (Å²) in [5.41, 5.74) is 7.64. The Morgan fingerprint density at radius 2 is 2.00 bits per heavy atom. The van der Waals surface area contributed by atoms with Gasteiger partial charge in [0.15, 0.2) is 0 Å². The molecule has 1 aromatic heterocycles. The van der Waals surface area contributed by atoms with Crippen LogP contribution in [0.1, 0.15) is 23.9 Å². The van der Waals surface area contributed by atoms with Crippen molar-refractivity contribution < 1.29 is 4.74 Å². The summed E-state index contributed by atoms with van der Waals surface area (Å²) in [6.07, 6.45) is 0.697. The normalized spacial score (nSPS) is 10.5. The number of hydrogen-bond acceptors (Lipinski definition) is 4. The molecule has 0 unspecified atom stereocenters. The Kier molecular flexibility index (Phi) is 3.90. The van der Waals surface area contributed by atoms with Gasteiger partial charge in [0.2, 0.25) is 5.88 Å². The first-order valence-corrected chi connectivity index (χ1v) is 6.46. The number of nitrogens with zero attached hydrogens (tertiary/aromatic N) is 2. The van der Waals surface area contributed by atoms with E-state index in [1.54, 1.807) is 6.07 Å². The van der Waals surface area contributed by atoms with E-state index in [0.29, 0.717) is 34.7 Å². The fraction of sp³-hybridized carbons (Fsp3) is 0.286. The van der Waals surface area contributed by atoms with Crippen molar-refractivity contribution in [1.29, 1.82) is 0 Å². The first-order chi connectivity index (χ1) is 9.01. The molecule has 0 aliphatic rings. The number of aryl methyl sites for hydroxylation is 2. The van der Waals surface area contributed by atoms with Crippen LogP contribution in [0.4, 0.5) is 5.82 Å². The Labute approximate surface area is 117 Å². The lowest BCUT2D eigenvalue weighted by molar-refractivity contribution is 0.455. The maximum Gasteiger partial charge on any atom is 0.227 e. The molecule has 0 saturated carbocycles. The Hall–Kier alpha value is -1.81. The van der Waals surface area contributed by atoms with Crippen molar-refractivity contribution >= 4 is 17.4 Å². The van der Waals surface area contributed by atoms with Gasteiger partial charge in [0, 0.05) is 6.42 Å². The molecule has 0 saturated heterocycles. The third-order valence-corrected chi connectivity index (χ3v) is 3.11. The van der Waals surface area contributed by atoms with Crippen LogP contribution < -0.4 is 10.5 Å².